The molecule has 0 atom stereocenters. The smallest absolute Gasteiger partial charge is 0.316 e. The Kier molecular flexibility index (Phi) is 2.98. The van der Waals surface area contributed by atoms with E-state index in [-0.39, 0.29) is 11.4 Å². The molecule has 0 saturated heterocycles. The van der Waals surface area contributed by atoms with Gasteiger partial charge in [0.15, 0.2) is 0 Å². The highest BCUT2D eigenvalue weighted by molar-refractivity contribution is 7.95. The number of benzene rings is 1. The van der Waals surface area contributed by atoms with Gasteiger partial charge in [0.1, 0.15) is 0 Å². The van der Waals surface area contributed by atoms with Crippen molar-refractivity contribution in [2.24, 2.45) is 0 Å². The topological polar surface area (TPSA) is 46.2 Å². The third kappa shape index (κ3) is 2.15. The molecule has 7 heteroatoms. The van der Waals surface area contributed by atoms with Gasteiger partial charge in [0.25, 0.3) is 0 Å². The lowest BCUT2D eigenvalue weighted by atomic mass is 10.1. The fourth-order valence-corrected chi connectivity index (χ4v) is 3.35. The van der Waals surface area contributed by atoms with E-state index in [0.717, 1.165) is 11.5 Å². The molecule has 2 rings (SSSR count). The van der Waals surface area contributed by atoms with Crippen molar-refractivity contribution < 1.29 is 21.6 Å². The summed E-state index contributed by atoms with van der Waals surface area (Å²) in [5, 5.41) is 3.79. The standard InChI is InChI=1S/C11H10F3NO2S/c1-15-5-7-6-18(16,17)10-4-8(11(12,13)14)2-3-9(7)10/h2-4,6,15H,5H2,1H3. The van der Waals surface area contributed by atoms with E-state index in [1.807, 2.05) is 0 Å². The number of likely N-dealkylation sites (N-methyl/N-ethyl adjacent to an activating group) is 1. The summed E-state index contributed by atoms with van der Waals surface area (Å²) in [6.07, 6.45) is -4.55. The molecule has 1 aromatic rings. The summed E-state index contributed by atoms with van der Waals surface area (Å²) in [6, 6.07) is 2.78. The van der Waals surface area contributed by atoms with Gasteiger partial charge in [-0.25, -0.2) is 8.42 Å². The minimum absolute atomic E-state index is 0.275. The second-order valence-corrected chi connectivity index (χ2v) is 5.69. The molecule has 98 valence electrons. The molecule has 0 amide bonds. The first-order valence-corrected chi connectivity index (χ1v) is 6.62. The molecule has 0 spiro atoms. The van der Waals surface area contributed by atoms with Gasteiger partial charge in [0, 0.05) is 12.0 Å². The van der Waals surface area contributed by atoms with Crippen molar-refractivity contribution >= 4 is 15.4 Å². The number of nitrogens with one attached hydrogen (secondary N) is 1. The number of rotatable bonds is 2. The number of halogens is 3. The average Bonchev–Trinajstić information content (AvgIpc) is 2.50. The molecule has 1 heterocycles. The molecule has 18 heavy (non-hydrogen) atoms. The van der Waals surface area contributed by atoms with E-state index in [9.17, 15) is 21.6 Å². The van der Waals surface area contributed by atoms with Gasteiger partial charge in [-0.1, -0.05) is 6.07 Å². The number of alkyl halides is 3. The van der Waals surface area contributed by atoms with Gasteiger partial charge in [0.2, 0.25) is 9.84 Å². The van der Waals surface area contributed by atoms with Crippen LogP contribution in [0.5, 0.6) is 0 Å². The summed E-state index contributed by atoms with van der Waals surface area (Å²) in [4.78, 5) is -0.275. The Morgan fingerprint density at radius 1 is 1.28 bits per heavy atom. The first-order chi connectivity index (χ1) is 8.25. The van der Waals surface area contributed by atoms with Gasteiger partial charge >= 0.3 is 6.18 Å². The van der Waals surface area contributed by atoms with Crippen molar-refractivity contribution in [3.63, 3.8) is 0 Å². The van der Waals surface area contributed by atoms with Crippen LogP contribution in [-0.2, 0) is 16.0 Å². The molecular formula is C11H10F3NO2S. The quantitative estimate of drug-likeness (QED) is 0.900. The Labute approximate surface area is 102 Å². The molecule has 0 fully saturated rings. The van der Waals surface area contributed by atoms with E-state index in [0.29, 0.717) is 17.2 Å². The van der Waals surface area contributed by atoms with Gasteiger partial charge in [0.05, 0.1) is 10.5 Å². The molecule has 1 aliphatic rings. The van der Waals surface area contributed by atoms with Crippen LogP contribution in [0.25, 0.3) is 5.57 Å². The predicted molar refractivity (Wildman–Crippen MR) is 60.5 cm³/mol. The number of sulfone groups is 1. The average molecular weight is 277 g/mol. The highest BCUT2D eigenvalue weighted by atomic mass is 32.2. The van der Waals surface area contributed by atoms with Crippen LogP contribution in [0.1, 0.15) is 11.1 Å². The lowest BCUT2D eigenvalue weighted by Gasteiger charge is -2.09. The summed E-state index contributed by atoms with van der Waals surface area (Å²) in [6.45, 7) is 0.289. The molecule has 1 aliphatic heterocycles. The van der Waals surface area contributed by atoms with Crippen LogP contribution in [0.15, 0.2) is 28.5 Å². The van der Waals surface area contributed by atoms with E-state index in [2.05, 4.69) is 5.32 Å². The first kappa shape index (κ1) is 13.1. The molecule has 0 saturated carbocycles. The summed E-state index contributed by atoms with van der Waals surface area (Å²) >= 11 is 0. The van der Waals surface area contributed by atoms with E-state index in [4.69, 9.17) is 0 Å². The number of hydrogen-bond donors (Lipinski definition) is 1. The fraction of sp³-hybridized carbons (Fsp3) is 0.273. The first-order valence-electron chi connectivity index (χ1n) is 5.07. The molecule has 0 unspecified atom stereocenters. The second kappa shape index (κ2) is 4.10. The second-order valence-electron chi connectivity index (χ2n) is 3.93. The van der Waals surface area contributed by atoms with Crippen LogP contribution < -0.4 is 5.32 Å². The van der Waals surface area contributed by atoms with Crippen molar-refractivity contribution in [2.45, 2.75) is 11.1 Å². The molecule has 0 radical (unpaired) electrons. The van der Waals surface area contributed by atoms with Crippen LogP contribution in [0, 0.1) is 0 Å². The van der Waals surface area contributed by atoms with E-state index in [1.54, 1.807) is 7.05 Å². The monoisotopic (exact) mass is 277 g/mol. The number of fused-ring (bicyclic) bond motifs is 1. The minimum atomic E-state index is -4.55. The lowest BCUT2D eigenvalue weighted by molar-refractivity contribution is -0.137. The summed E-state index contributed by atoms with van der Waals surface area (Å²) in [5.41, 5.74) is -0.150. The maximum absolute atomic E-state index is 12.5. The van der Waals surface area contributed by atoms with Crippen LogP contribution in [0.2, 0.25) is 0 Å². The zero-order valence-corrected chi connectivity index (χ0v) is 10.2. The van der Waals surface area contributed by atoms with Crippen molar-refractivity contribution in [3.8, 4) is 0 Å². The van der Waals surface area contributed by atoms with Gasteiger partial charge in [-0.05, 0) is 30.3 Å². The van der Waals surface area contributed by atoms with Crippen molar-refractivity contribution in [2.75, 3.05) is 13.6 Å². The highest BCUT2D eigenvalue weighted by Gasteiger charge is 2.34. The Hall–Kier alpha value is -1.34. The Balaban J connectivity index is 2.58. The van der Waals surface area contributed by atoms with Crippen LogP contribution in [-0.4, -0.2) is 22.0 Å². The van der Waals surface area contributed by atoms with Crippen LogP contribution in [0.4, 0.5) is 13.2 Å². The zero-order valence-electron chi connectivity index (χ0n) is 9.38. The normalized spacial score (nSPS) is 17.4. The van der Waals surface area contributed by atoms with Crippen molar-refractivity contribution in [1.82, 2.24) is 5.32 Å². The molecule has 3 nitrogen and oxygen atoms in total. The molecule has 0 aliphatic carbocycles. The fourth-order valence-electron chi connectivity index (χ4n) is 1.84. The predicted octanol–water partition coefficient (Wildman–Crippen LogP) is 2.05. The third-order valence-corrected chi connectivity index (χ3v) is 4.17. The van der Waals surface area contributed by atoms with Gasteiger partial charge in [-0.3, -0.25) is 0 Å². The number of hydrogen-bond acceptors (Lipinski definition) is 3. The maximum Gasteiger partial charge on any atom is 0.416 e. The maximum atomic E-state index is 12.5. The Bertz CT molecular complexity index is 618. The van der Waals surface area contributed by atoms with Gasteiger partial charge in [-0.15, -0.1) is 0 Å². The third-order valence-electron chi connectivity index (χ3n) is 2.63. The summed E-state index contributed by atoms with van der Waals surface area (Å²) < 4.78 is 61.1. The van der Waals surface area contributed by atoms with Crippen molar-refractivity contribution in [3.05, 3.63) is 34.7 Å². The molecule has 0 bridgehead atoms. The molecular weight excluding hydrogens is 267 g/mol. The SMILES string of the molecule is CNCC1=CS(=O)(=O)c2cc(C(F)(F)F)ccc21. The van der Waals surface area contributed by atoms with Gasteiger partial charge in [-0.2, -0.15) is 13.2 Å². The highest BCUT2D eigenvalue weighted by Crippen LogP contribution is 2.37. The van der Waals surface area contributed by atoms with E-state index < -0.39 is 21.6 Å². The summed E-state index contributed by atoms with van der Waals surface area (Å²) in [5.74, 6) is 0. The summed E-state index contributed by atoms with van der Waals surface area (Å²) in [7, 11) is -2.13. The van der Waals surface area contributed by atoms with E-state index in [1.165, 1.54) is 6.07 Å². The van der Waals surface area contributed by atoms with Gasteiger partial charge < -0.3 is 5.32 Å². The molecule has 1 N–H and O–H groups in total. The molecule has 0 aromatic heterocycles. The van der Waals surface area contributed by atoms with Crippen molar-refractivity contribution in [1.29, 1.82) is 0 Å². The van der Waals surface area contributed by atoms with Crippen LogP contribution >= 0.6 is 0 Å². The largest absolute Gasteiger partial charge is 0.416 e. The zero-order chi connectivity index (χ0) is 13.6. The Morgan fingerprint density at radius 3 is 2.50 bits per heavy atom. The lowest BCUT2D eigenvalue weighted by Crippen LogP contribution is -2.09. The molecule has 1 aromatic carbocycles. The van der Waals surface area contributed by atoms with Crippen LogP contribution in [0.3, 0.4) is 0 Å². The van der Waals surface area contributed by atoms with E-state index >= 15 is 0 Å². The minimum Gasteiger partial charge on any atom is -0.316 e. The Morgan fingerprint density at radius 2 is 1.94 bits per heavy atom.